The summed E-state index contributed by atoms with van der Waals surface area (Å²) in [5, 5.41) is 18.6. The number of amides is 1. The average molecular weight is 253 g/mol. The Bertz CT molecular complexity index is 488. The van der Waals surface area contributed by atoms with Crippen LogP contribution in [0.5, 0.6) is 5.75 Å². The fourth-order valence-electron chi connectivity index (χ4n) is 1.84. The predicted molar refractivity (Wildman–Crippen MR) is 64.8 cm³/mol. The van der Waals surface area contributed by atoms with Gasteiger partial charge in [0, 0.05) is 18.2 Å². The number of benzene rings is 1. The summed E-state index contributed by atoms with van der Waals surface area (Å²) < 4.78 is 0. The molecule has 1 atom stereocenters. The van der Waals surface area contributed by atoms with E-state index in [-0.39, 0.29) is 28.2 Å². The van der Waals surface area contributed by atoms with Gasteiger partial charge in [-0.15, -0.1) is 0 Å². The highest BCUT2D eigenvalue weighted by molar-refractivity contribution is 7.81. The highest BCUT2D eigenvalue weighted by Crippen LogP contribution is 2.34. The summed E-state index contributed by atoms with van der Waals surface area (Å²) in [4.78, 5) is 23.9. The van der Waals surface area contributed by atoms with Crippen molar-refractivity contribution in [2.24, 2.45) is 0 Å². The minimum atomic E-state index is -1.22. The normalized spacial score (nSPS) is 19.7. The predicted octanol–water partition coefficient (Wildman–Crippen LogP) is 1.13. The zero-order valence-electron chi connectivity index (χ0n) is 8.83. The van der Waals surface area contributed by atoms with Crippen molar-refractivity contribution in [1.82, 2.24) is 0 Å². The number of aromatic hydroxyl groups is 1. The zero-order chi connectivity index (χ0) is 12.6. The highest BCUT2D eigenvalue weighted by Gasteiger charge is 2.30. The topological polar surface area (TPSA) is 77.8 Å². The van der Waals surface area contributed by atoms with Crippen molar-refractivity contribution >= 4 is 30.2 Å². The fourth-order valence-corrected chi connectivity index (χ4v) is 2.16. The number of thiol groups is 1. The monoisotopic (exact) mass is 253 g/mol. The average Bonchev–Trinajstić information content (AvgIpc) is 2.57. The zero-order valence-corrected chi connectivity index (χ0v) is 9.72. The van der Waals surface area contributed by atoms with Crippen molar-refractivity contribution in [3.63, 3.8) is 0 Å². The van der Waals surface area contributed by atoms with E-state index in [4.69, 9.17) is 5.11 Å². The van der Waals surface area contributed by atoms with Crippen LogP contribution in [0.3, 0.4) is 0 Å². The van der Waals surface area contributed by atoms with Crippen LogP contribution in [0, 0.1) is 0 Å². The Kier molecular flexibility index (Phi) is 2.97. The summed E-state index contributed by atoms with van der Waals surface area (Å²) in [7, 11) is 0. The number of para-hydroxylation sites is 1. The van der Waals surface area contributed by atoms with Gasteiger partial charge in [-0.05, 0) is 12.1 Å². The third-order valence-electron chi connectivity index (χ3n) is 2.64. The van der Waals surface area contributed by atoms with Gasteiger partial charge in [0.25, 0.3) is 0 Å². The molecule has 1 aliphatic rings. The molecule has 90 valence electrons. The van der Waals surface area contributed by atoms with E-state index in [2.05, 4.69) is 12.6 Å². The smallest absolute Gasteiger partial charge is 0.339 e. The van der Waals surface area contributed by atoms with E-state index in [1.54, 1.807) is 0 Å². The van der Waals surface area contributed by atoms with Gasteiger partial charge in [0.15, 0.2) is 5.75 Å². The van der Waals surface area contributed by atoms with Gasteiger partial charge in [-0.25, -0.2) is 4.79 Å². The summed E-state index contributed by atoms with van der Waals surface area (Å²) in [6.45, 7) is 0.374. The number of nitrogens with zero attached hydrogens (tertiary/aromatic N) is 1. The molecule has 1 amide bonds. The van der Waals surface area contributed by atoms with Gasteiger partial charge in [-0.2, -0.15) is 12.6 Å². The first-order chi connectivity index (χ1) is 8.00. The third kappa shape index (κ3) is 2.08. The molecule has 6 heteroatoms. The second-order valence-electron chi connectivity index (χ2n) is 3.84. The summed E-state index contributed by atoms with van der Waals surface area (Å²) in [6.07, 6.45) is 0.292. The number of phenols is 1. The number of carboxylic acid groups (broad SMARTS) is 1. The maximum Gasteiger partial charge on any atom is 0.339 e. The molecule has 2 rings (SSSR count). The molecule has 0 saturated carbocycles. The molecule has 1 aliphatic heterocycles. The van der Waals surface area contributed by atoms with Gasteiger partial charge in [0.05, 0.1) is 5.69 Å². The second kappa shape index (κ2) is 4.29. The molecule has 0 radical (unpaired) electrons. The van der Waals surface area contributed by atoms with Crippen molar-refractivity contribution in [3.05, 3.63) is 23.8 Å². The quantitative estimate of drug-likeness (QED) is 0.690. The highest BCUT2D eigenvalue weighted by atomic mass is 32.1. The maximum absolute atomic E-state index is 11.6. The Labute approximate surface area is 103 Å². The lowest BCUT2D eigenvalue weighted by Gasteiger charge is -2.18. The lowest BCUT2D eigenvalue weighted by molar-refractivity contribution is -0.117. The van der Waals surface area contributed by atoms with Crippen LogP contribution in [0.4, 0.5) is 5.69 Å². The number of carbonyl (C=O) groups excluding carboxylic acids is 1. The lowest BCUT2D eigenvalue weighted by Crippen LogP contribution is -2.25. The fraction of sp³-hybridized carbons (Fsp3) is 0.273. The number of hydrogen-bond donors (Lipinski definition) is 3. The Hall–Kier alpha value is -1.69. The van der Waals surface area contributed by atoms with Crippen LogP contribution in [-0.2, 0) is 4.79 Å². The molecule has 1 heterocycles. The molecule has 2 N–H and O–H groups in total. The number of carboxylic acids is 1. The molecule has 5 nitrogen and oxygen atoms in total. The van der Waals surface area contributed by atoms with Gasteiger partial charge in [0.1, 0.15) is 5.56 Å². The lowest BCUT2D eigenvalue weighted by atomic mass is 10.1. The molecule has 1 aromatic carbocycles. The molecular weight excluding hydrogens is 242 g/mol. The van der Waals surface area contributed by atoms with Crippen molar-refractivity contribution in [2.75, 3.05) is 11.4 Å². The van der Waals surface area contributed by atoms with Gasteiger partial charge in [0.2, 0.25) is 5.91 Å². The molecule has 0 aromatic heterocycles. The number of carbonyl (C=O) groups is 2. The van der Waals surface area contributed by atoms with Crippen LogP contribution in [-0.4, -0.2) is 33.9 Å². The van der Waals surface area contributed by atoms with E-state index in [1.807, 2.05) is 0 Å². The van der Waals surface area contributed by atoms with Gasteiger partial charge in [-0.3, -0.25) is 4.79 Å². The van der Waals surface area contributed by atoms with E-state index < -0.39 is 5.97 Å². The molecule has 0 spiro atoms. The SMILES string of the molecule is O=C(O)c1cccc(N2CC(S)CC2=O)c1O. The van der Waals surface area contributed by atoms with Crippen LogP contribution < -0.4 is 4.90 Å². The molecule has 1 fully saturated rings. The van der Waals surface area contributed by atoms with Crippen molar-refractivity contribution < 1.29 is 19.8 Å². The molecular formula is C11H11NO4S. The van der Waals surface area contributed by atoms with Gasteiger partial charge < -0.3 is 15.1 Å². The summed E-state index contributed by atoms with van der Waals surface area (Å²) in [5.41, 5.74) is 0.0179. The van der Waals surface area contributed by atoms with Crippen molar-refractivity contribution in [3.8, 4) is 5.75 Å². The molecule has 1 unspecified atom stereocenters. The Balaban J connectivity index is 2.43. The van der Waals surface area contributed by atoms with E-state index >= 15 is 0 Å². The molecule has 1 aromatic rings. The Morgan fingerprint density at radius 3 is 2.71 bits per heavy atom. The Morgan fingerprint density at radius 2 is 2.18 bits per heavy atom. The van der Waals surface area contributed by atoms with Crippen LogP contribution in [0.15, 0.2) is 18.2 Å². The minimum absolute atomic E-state index is 0.0876. The second-order valence-corrected chi connectivity index (χ2v) is 4.57. The first-order valence-electron chi connectivity index (χ1n) is 5.04. The molecule has 0 aliphatic carbocycles. The summed E-state index contributed by atoms with van der Waals surface area (Å²) in [5.74, 6) is -1.77. The first kappa shape index (κ1) is 11.8. The maximum atomic E-state index is 11.6. The number of rotatable bonds is 2. The standard InChI is InChI=1S/C11H11NO4S/c13-9-4-6(17)5-12(9)8-3-1-2-7(10(8)14)11(15)16/h1-3,6,14,17H,4-5H2,(H,15,16). The molecule has 17 heavy (non-hydrogen) atoms. The number of hydrogen-bond acceptors (Lipinski definition) is 4. The Morgan fingerprint density at radius 1 is 1.47 bits per heavy atom. The number of anilines is 1. The minimum Gasteiger partial charge on any atom is -0.505 e. The van der Waals surface area contributed by atoms with Crippen LogP contribution in [0.25, 0.3) is 0 Å². The van der Waals surface area contributed by atoms with Crippen LogP contribution >= 0.6 is 12.6 Å². The van der Waals surface area contributed by atoms with E-state index in [0.717, 1.165) is 0 Å². The summed E-state index contributed by atoms with van der Waals surface area (Å²) in [6, 6.07) is 4.31. The third-order valence-corrected chi connectivity index (χ3v) is 2.99. The van der Waals surface area contributed by atoms with Crippen LogP contribution in [0.1, 0.15) is 16.8 Å². The van der Waals surface area contributed by atoms with Crippen molar-refractivity contribution in [1.29, 1.82) is 0 Å². The van der Waals surface area contributed by atoms with Crippen LogP contribution in [0.2, 0.25) is 0 Å². The number of aromatic carboxylic acids is 1. The molecule has 1 saturated heterocycles. The molecule has 0 bridgehead atoms. The first-order valence-corrected chi connectivity index (χ1v) is 5.56. The summed E-state index contributed by atoms with van der Waals surface area (Å²) >= 11 is 4.20. The van der Waals surface area contributed by atoms with Crippen molar-refractivity contribution in [2.45, 2.75) is 11.7 Å². The van der Waals surface area contributed by atoms with E-state index in [9.17, 15) is 14.7 Å². The van der Waals surface area contributed by atoms with Gasteiger partial charge in [-0.1, -0.05) is 6.07 Å². The largest absolute Gasteiger partial charge is 0.505 e. The van der Waals surface area contributed by atoms with E-state index in [1.165, 1.54) is 23.1 Å². The van der Waals surface area contributed by atoms with E-state index in [0.29, 0.717) is 13.0 Å². The van der Waals surface area contributed by atoms with Gasteiger partial charge >= 0.3 is 5.97 Å².